The Labute approximate surface area is 120 Å². The summed E-state index contributed by atoms with van der Waals surface area (Å²) in [6, 6.07) is 4.54. The number of hydrogen-bond acceptors (Lipinski definition) is 3. The second-order valence-corrected chi connectivity index (χ2v) is 4.96. The molecule has 2 N–H and O–H groups in total. The van der Waals surface area contributed by atoms with Gasteiger partial charge in [0.2, 0.25) is 0 Å². The number of para-hydroxylation sites is 1. The lowest BCUT2D eigenvalue weighted by Gasteiger charge is -2.12. The molecule has 1 aromatic rings. The Morgan fingerprint density at radius 1 is 1.30 bits per heavy atom. The van der Waals surface area contributed by atoms with E-state index in [1.807, 2.05) is 21.0 Å². The molecule has 5 heteroatoms. The number of nitrogens with one attached hydrogen (secondary N) is 2. The van der Waals surface area contributed by atoms with Crippen molar-refractivity contribution in [3.05, 3.63) is 29.6 Å². The third-order valence-electron chi connectivity index (χ3n) is 2.93. The van der Waals surface area contributed by atoms with Gasteiger partial charge in [-0.2, -0.15) is 0 Å². The zero-order valence-electron chi connectivity index (χ0n) is 12.5. The summed E-state index contributed by atoms with van der Waals surface area (Å²) in [5, 5.41) is 5.73. The first kappa shape index (κ1) is 16.4. The van der Waals surface area contributed by atoms with Gasteiger partial charge in [-0.25, -0.2) is 4.39 Å². The first-order chi connectivity index (χ1) is 9.56. The van der Waals surface area contributed by atoms with Gasteiger partial charge in [-0.1, -0.05) is 6.07 Å². The smallest absolute Gasteiger partial charge is 0.253 e. The van der Waals surface area contributed by atoms with E-state index >= 15 is 0 Å². The Morgan fingerprint density at radius 2 is 2.05 bits per heavy atom. The van der Waals surface area contributed by atoms with Crippen molar-refractivity contribution in [2.45, 2.75) is 19.8 Å². The lowest BCUT2D eigenvalue weighted by atomic mass is 10.1. The van der Waals surface area contributed by atoms with Crippen LogP contribution in [-0.4, -0.2) is 44.5 Å². The zero-order valence-corrected chi connectivity index (χ0v) is 12.5. The van der Waals surface area contributed by atoms with Crippen LogP contribution in [0.1, 0.15) is 30.1 Å². The Morgan fingerprint density at radius 3 is 2.70 bits per heavy atom. The summed E-state index contributed by atoms with van der Waals surface area (Å²) in [4.78, 5) is 14.2. The predicted octanol–water partition coefficient (Wildman–Crippen LogP) is 2.33. The highest BCUT2D eigenvalue weighted by Gasteiger charge is 2.13. The number of amides is 1. The van der Waals surface area contributed by atoms with E-state index in [1.165, 1.54) is 6.07 Å². The van der Waals surface area contributed by atoms with E-state index < -0.39 is 5.82 Å². The van der Waals surface area contributed by atoms with Gasteiger partial charge in [-0.15, -0.1) is 0 Å². The third-order valence-corrected chi connectivity index (χ3v) is 2.93. The third kappa shape index (κ3) is 5.17. The molecule has 0 aromatic heterocycles. The molecule has 0 saturated carbocycles. The lowest BCUT2D eigenvalue weighted by Crippen LogP contribution is -2.26. The van der Waals surface area contributed by atoms with Gasteiger partial charge in [-0.3, -0.25) is 4.79 Å². The topological polar surface area (TPSA) is 44.4 Å². The fourth-order valence-electron chi connectivity index (χ4n) is 1.92. The second-order valence-electron chi connectivity index (χ2n) is 4.96. The maximum absolute atomic E-state index is 13.7. The highest BCUT2D eigenvalue weighted by molar-refractivity contribution is 5.99. The van der Waals surface area contributed by atoms with Crippen LogP contribution in [0.2, 0.25) is 0 Å². The predicted molar refractivity (Wildman–Crippen MR) is 80.7 cm³/mol. The van der Waals surface area contributed by atoms with Crippen molar-refractivity contribution >= 4 is 11.6 Å². The number of hydrogen-bond donors (Lipinski definition) is 2. The maximum Gasteiger partial charge on any atom is 0.253 e. The highest BCUT2D eigenvalue weighted by atomic mass is 19.1. The minimum absolute atomic E-state index is 0.231. The molecule has 0 unspecified atom stereocenters. The highest BCUT2D eigenvalue weighted by Crippen LogP contribution is 2.19. The van der Waals surface area contributed by atoms with E-state index in [4.69, 9.17) is 0 Å². The summed E-state index contributed by atoms with van der Waals surface area (Å²) in [6.45, 7) is 4.05. The Kier molecular flexibility index (Phi) is 7.01. The molecule has 0 radical (unpaired) electrons. The minimum Gasteiger partial charge on any atom is -0.382 e. The molecular formula is C15H24FN3O. The molecular weight excluding hydrogens is 257 g/mol. The minimum atomic E-state index is -0.396. The molecule has 4 nitrogen and oxygen atoms in total. The Balaban J connectivity index is 2.53. The molecule has 0 bridgehead atoms. The molecule has 0 aliphatic rings. The van der Waals surface area contributed by atoms with Crippen LogP contribution in [0.25, 0.3) is 0 Å². The fourth-order valence-corrected chi connectivity index (χ4v) is 1.92. The van der Waals surface area contributed by atoms with Crippen LogP contribution in [-0.2, 0) is 0 Å². The molecule has 0 aliphatic carbocycles. The van der Waals surface area contributed by atoms with E-state index in [0.29, 0.717) is 18.7 Å². The number of rotatable bonds is 8. The number of anilines is 1. The molecule has 1 rings (SSSR count). The maximum atomic E-state index is 13.7. The average Bonchev–Trinajstić information content (AvgIpc) is 2.40. The van der Waals surface area contributed by atoms with Crippen molar-refractivity contribution in [1.29, 1.82) is 0 Å². The van der Waals surface area contributed by atoms with Gasteiger partial charge in [0.05, 0.1) is 11.3 Å². The number of unbranched alkanes of at least 4 members (excludes halogenated alkanes) is 1. The van der Waals surface area contributed by atoms with Gasteiger partial charge in [-0.05, 0) is 52.5 Å². The summed E-state index contributed by atoms with van der Waals surface area (Å²) in [7, 11) is 4.04. The molecule has 0 spiro atoms. The van der Waals surface area contributed by atoms with Crippen molar-refractivity contribution in [3.63, 3.8) is 0 Å². The number of carbonyl (C=O) groups excluding carboxylic acids is 1. The standard InChI is InChI=1S/C15H24FN3O/c1-4-17-14-12(8-7-9-13(14)16)15(20)18-10-5-6-11-19(2)3/h7-9,17H,4-6,10-11H2,1-3H3,(H,18,20). The molecule has 20 heavy (non-hydrogen) atoms. The van der Waals surface area contributed by atoms with Gasteiger partial charge < -0.3 is 15.5 Å². The van der Waals surface area contributed by atoms with Crippen molar-refractivity contribution in [1.82, 2.24) is 10.2 Å². The van der Waals surface area contributed by atoms with Gasteiger partial charge in [0.1, 0.15) is 5.82 Å². The Bertz CT molecular complexity index is 435. The van der Waals surface area contributed by atoms with Crippen molar-refractivity contribution in [3.8, 4) is 0 Å². The van der Waals surface area contributed by atoms with Crippen LogP contribution in [0.15, 0.2) is 18.2 Å². The first-order valence-corrected chi connectivity index (χ1v) is 7.01. The number of halogens is 1. The van der Waals surface area contributed by atoms with Crippen LogP contribution in [0.4, 0.5) is 10.1 Å². The van der Waals surface area contributed by atoms with E-state index in [9.17, 15) is 9.18 Å². The van der Waals surface area contributed by atoms with Crippen molar-refractivity contribution < 1.29 is 9.18 Å². The summed E-state index contributed by atoms with van der Waals surface area (Å²) in [6.07, 6.45) is 1.94. The second kappa shape index (κ2) is 8.53. The SMILES string of the molecule is CCNc1c(F)cccc1C(=O)NCCCCN(C)C. The monoisotopic (exact) mass is 281 g/mol. The lowest BCUT2D eigenvalue weighted by molar-refractivity contribution is 0.0953. The normalized spacial score (nSPS) is 10.7. The van der Waals surface area contributed by atoms with E-state index in [0.717, 1.165) is 19.4 Å². The van der Waals surface area contributed by atoms with Gasteiger partial charge in [0, 0.05) is 13.1 Å². The molecule has 0 heterocycles. The van der Waals surface area contributed by atoms with Gasteiger partial charge in [0.25, 0.3) is 5.91 Å². The molecule has 0 saturated heterocycles. The number of nitrogens with zero attached hydrogens (tertiary/aromatic N) is 1. The summed E-state index contributed by atoms with van der Waals surface area (Å²) >= 11 is 0. The number of carbonyl (C=O) groups is 1. The van der Waals surface area contributed by atoms with Crippen LogP contribution >= 0.6 is 0 Å². The largest absolute Gasteiger partial charge is 0.382 e. The zero-order chi connectivity index (χ0) is 15.0. The van der Waals surface area contributed by atoms with Gasteiger partial charge in [0.15, 0.2) is 0 Å². The summed E-state index contributed by atoms with van der Waals surface area (Å²) in [5.41, 5.74) is 0.639. The van der Waals surface area contributed by atoms with Crippen molar-refractivity contribution in [2.75, 3.05) is 39.0 Å². The summed E-state index contributed by atoms with van der Waals surface area (Å²) < 4.78 is 13.7. The molecule has 112 valence electrons. The van der Waals surface area contributed by atoms with Crippen LogP contribution in [0.5, 0.6) is 0 Å². The first-order valence-electron chi connectivity index (χ1n) is 7.01. The summed E-state index contributed by atoms with van der Waals surface area (Å²) in [5.74, 6) is -0.627. The fraction of sp³-hybridized carbons (Fsp3) is 0.533. The van der Waals surface area contributed by atoms with Gasteiger partial charge >= 0.3 is 0 Å². The molecule has 1 amide bonds. The van der Waals surface area contributed by atoms with E-state index in [-0.39, 0.29) is 11.6 Å². The molecule has 0 aliphatic heterocycles. The molecule has 1 aromatic carbocycles. The van der Waals surface area contributed by atoms with Crippen LogP contribution in [0.3, 0.4) is 0 Å². The number of benzene rings is 1. The van der Waals surface area contributed by atoms with E-state index in [1.54, 1.807) is 12.1 Å². The van der Waals surface area contributed by atoms with Crippen LogP contribution < -0.4 is 10.6 Å². The molecule has 0 atom stereocenters. The van der Waals surface area contributed by atoms with Crippen molar-refractivity contribution in [2.24, 2.45) is 0 Å². The quantitative estimate of drug-likeness (QED) is 0.719. The Hall–Kier alpha value is -1.62. The van der Waals surface area contributed by atoms with Crippen LogP contribution in [0, 0.1) is 5.82 Å². The average molecular weight is 281 g/mol. The van der Waals surface area contributed by atoms with E-state index in [2.05, 4.69) is 15.5 Å². The molecule has 0 fully saturated rings.